The van der Waals surface area contributed by atoms with E-state index in [0.29, 0.717) is 5.56 Å². The smallest absolute Gasteiger partial charge is 0.324 e. The predicted octanol–water partition coefficient (Wildman–Crippen LogP) is 6.28. The molecule has 2 atom stereocenters. The lowest BCUT2D eigenvalue weighted by atomic mass is 9.75. The van der Waals surface area contributed by atoms with E-state index in [1.165, 1.54) is 60.7 Å². The molecule has 39 heavy (non-hydrogen) atoms. The third kappa shape index (κ3) is 5.04. The minimum atomic E-state index is -5.20. The molecule has 0 heterocycles. The Morgan fingerprint density at radius 3 is 1.38 bits per heavy atom. The molecule has 0 amide bonds. The zero-order valence-corrected chi connectivity index (χ0v) is 23.3. The lowest BCUT2D eigenvalue weighted by molar-refractivity contribution is -0.0300. The summed E-state index contributed by atoms with van der Waals surface area (Å²) in [6.45, 7) is 3.46. The Morgan fingerprint density at radius 1 is 0.641 bits per heavy atom. The summed E-state index contributed by atoms with van der Waals surface area (Å²) in [5, 5.41) is 12.1. The number of rotatable bonds is 10. The van der Waals surface area contributed by atoms with Gasteiger partial charge in [0.05, 0.1) is 21.3 Å². The first kappa shape index (κ1) is 28.7. The van der Waals surface area contributed by atoms with E-state index in [1.54, 1.807) is 74.5 Å². The molecule has 0 saturated heterocycles. The fourth-order valence-corrected chi connectivity index (χ4v) is 9.48. The molecule has 0 aliphatic heterocycles. The van der Waals surface area contributed by atoms with Crippen LogP contribution in [0.15, 0.2) is 131 Å². The number of aliphatic hydroxyl groups is 1. The summed E-state index contributed by atoms with van der Waals surface area (Å²) in [5.74, 6) is -2.32. The fourth-order valence-electron chi connectivity index (χ4n) is 4.89. The van der Waals surface area contributed by atoms with Gasteiger partial charge in [-0.3, -0.25) is 0 Å². The molecule has 0 saturated carbocycles. The first-order valence-electron chi connectivity index (χ1n) is 12.6. The molecule has 0 spiro atoms. The largest absolute Gasteiger partial charge is 0.385 e. The molecular formula is C31H31FO5S2. The summed E-state index contributed by atoms with van der Waals surface area (Å²) in [7, 11) is -10.4. The van der Waals surface area contributed by atoms with Crippen LogP contribution in [-0.4, -0.2) is 26.3 Å². The number of hydrogen-bond donors (Lipinski definition) is 1. The molecule has 2 unspecified atom stereocenters. The van der Waals surface area contributed by atoms with Crippen molar-refractivity contribution in [2.24, 2.45) is 5.92 Å². The van der Waals surface area contributed by atoms with E-state index in [2.05, 4.69) is 0 Å². The second-order valence-electron chi connectivity index (χ2n) is 9.83. The molecule has 4 aromatic rings. The molecule has 0 aliphatic rings. The Morgan fingerprint density at radius 2 is 1.00 bits per heavy atom. The lowest BCUT2D eigenvalue weighted by Crippen LogP contribution is -2.50. The first-order valence-corrected chi connectivity index (χ1v) is 15.5. The molecule has 4 rings (SSSR count). The molecule has 0 aromatic heterocycles. The molecule has 0 bridgehead atoms. The summed E-state index contributed by atoms with van der Waals surface area (Å²) >= 11 is 0. The second-order valence-corrected chi connectivity index (χ2v) is 14.2. The molecule has 5 nitrogen and oxygen atoms in total. The number of alkyl halides is 1. The van der Waals surface area contributed by atoms with Gasteiger partial charge in [0.15, 0.2) is 0 Å². The summed E-state index contributed by atoms with van der Waals surface area (Å²) < 4.78 is 71.2. The van der Waals surface area contributed by atoms with E-state index >= 15 is 4.39 Å². The van der Waals surface area contributed by atoms with Crippen molar-refractivity contribution < 1.29 is 26.3 Å². The summed E-state index contributed by atoms with van der Waals surface area (Å²) in [4.78, 5) is -0.943. The van der Waals surface area contributed by atoms with Crippen LogP contribution in [0.1, 0.15) is 37.3 Å². The Kier molecular flexibility index (Phi) is 8.12. The monoisotopic (exact) mass is 566 g/mol. The van der Waals surface area contributed by atoms with Crippen molar-refractivity contribution in [2.75, 3.05) is 0 Å². The van der Waals surface area contributed by atoms with Crippen LogP contribution in [0.4, 0.5) is 4.39 Å². The number of benzene rings is 4. The Bertz CT molecular complexity index is 1520. The van der Waals surface area contributed by atoms with E-state index in [0.717, 1.165) is 0 Å². The van der Waals surface area contributed by atoms with Crippen LogP contribution in [0, 0.1) is 5.92 Å². The normalized spacial score (nSPS) is 15.0. The average Bonchev–Trinajstić information content (AvgIpc) is 2.97. The second kappa shape index (κ2) is 11.0. The molecule has 8 heteroatoms. The van der Waals surface area contributed by atoms with E-state index in [4.69, 9.17) is 0 Å². The van der Waals surface area contributed by atoms with Crippen molar-refractivity contribution in [2.45, 2.75) is 45.9 Å². The van der Waals surface area contributed by atoms with Crippen LogP contribution in [0.2, 0.25) is 0 Å². The summed E-state index contributed by atoms with van der Waals surface area (Å²) in [6, 6.07) is 29.8. The Labute approximate surface area is 229 Å². The maximum atomic E-state index is 18.1. The zero-order valence-electron chi connectivity index (χ0n) is 21.7. The highest BCUT2D eigenvalue weighted by Crippen LogP contribution is 2.52. The number of hydrogen-bond acceptors (Lipinski definition) is 5. The summed E-state index contributed by atoms with van der Waals surface area (Å²) in [5.41, 5.74) is -1.20. The SMILES string of the molecule is CC(C)C(O)(CC(c1ccccc1)C(F)(S(=O)(=O)c1ccccc1)S(=O)(=O)c1ccccc1)c1ccccc1. The third-order valence-electron chi connectivity index (χ3n) is 7.20. The average molecular weight is 567 g/mol. The molecule has 0 radical (unpaired) electrons. The van der Waals surface area contributed by atoms with Crippen molar-refractivity contribution in [3.63, 3.8) is 0 Å². The van der Waals surface area contributed by atoms with Gasteiger partial charge in [-0.25, -0.2) is 21.2 Å². The van der Waals surface area contributed by atoms with E-state index in [9.17, 15) is 21.9 Å². The Hall–Kier alpha value is -3.33. The number of sulfone groups is 2. The highest BCUT2D eigenvalue weighted by Gasteiger charge is 2.64. The minimum Gasteiger partial charge on any atom is -0.385 e. The topological polar surface area (TPSA) is 88.5 Å². The van der Waals surface area contributed by atoms with Crippen molar-refractivity contribution in [1.29, 1.82) is 0 Å². The van der Waals surface area contributed by atoms with Crippen LogP contribution in [0.3, 0.4) is 0 Å². The van der Waals surface area contributed by atoms with Crippen LogP contribution < -0.4 is 0 Å². The quantitative estimate of drug-likeness (QED) is 0.244. The maximum Gasteiger partial charge on any atom is 0.324 e. The van der Waals surface area contributed by atoms with Gasteiger partial charge < -0.3 is 5.11 Å². The molecule has 4 aromatic carbocycles. The fraction of sp³-hybridized carbons (Fsp3) is 0.226. The highest BCUT2D eigenvalue weighted by atomic mass is 32.3. The Balaban J connectivity index is 2.08. The zero-order chi connectivity index (χ0) is 28.3. The van der Waals surface area contributed by atoms with E-state index < -0.39 is 57.7 Å². The van der Waals surface area contributed by atoms with Gasteiger partial charge in [0.1, 0.15) is 0 Å². The highest BCUT2D eigenvalue weighted by molar-refractivity contribution is 8.10. The van der Waals surface area contributed by atoms with Gasteiger partial charge in [-0.05, 0) is 47.7 Å². The van der Waals surface area contributed by atoms with Crippen LogP contribution in [-0.2, 0) is 25.3 Å². The minimum absolute atomic E-state index is 0.133. The molecule has 0 aliphatic carbocycles. The van der Waals surface area contributed by atoms with Gasteiger partial charge in [-0.15, -0.1) is 0 Å². The van der Waals surface area contributed by atoms with Crippen LogP contribution in [0.5, 0.6) is 0 Å². The molecule has 204 valence electrons. The van der Waals surface area contributed by atoms with Crippen molar-refractivity contribution in [3.05, 3.63) is 132 Å². The van der Waals surface area contributed by atoms with Crippen LogP contribution >= 0.6 is 0 Å². The molecule has 1 N–H and O–H groups in total. The maximum absolute atomic E-state index is 18.1. The van der Waals surface area contributed by atoms with Crippen molar-refractivity contribution >= 4 is 19.7 Å². The first-order chi connectivity index (χ1) is 18.5. The van der Waals surface area contributed by atoms with E-state index in [-0.39, 0.29) is 5.56 Å². The molecular weight excluding hydrogens is 535 g/mol. The number of halogens is 1. The summed E-state index contributed by atoms with van der Waals surface area (Å²) in [6.07, 6.45) is -0.521. The van der Waals surface area contributed by atoms with Gasteiger partial charge in [-0.1, -0.05) is 111 Å². The van der Waals surface area contributed by atoms with Gasteiger partial charge in [0.2, 0.25) is 19.7 Å². The van der Waals surface area contributed by atoms with Crippen LogP contribution in [0.25, 0.3) is 0 Å². The van der Waals surface area contributed by atoms with Gasteiger partial charge in [-0.2, -0.15) is 0 Å². The third-order valence-corrected chi connectivity index (χ3v) is 12.3. The van der Waals surface area contributed by atoms with E-state index in [1.807, 2.05) is 0 Å². The lowest BCUT2D eigenvalue weighted by Gasteiger charge is -2.40. The van der Waals surface area contributed by atoms with Gasteiger partial charge >= 0.3 is 4.33 Å². The standard InChI is InChI=1S/C31H31FO5S2/c1-24(2)30(33,26-17-9-4-10-18-26)23-29(25-15-7-3-8-16-25)31(32,38(34,35)27-19-11-5-12-20-27)39(36,37)28-21-13-6-14-22-28/h3-22,24,29,33H,23H2,1-2H3. The predicted molar refractivity (Wildman–Crippen MR) is 150 cm³/mol. The molecule has 0 fully saturated rings. The van der Waals surface area contributed by atoms with Gasteiger partial charge in [0, 0.05) is 0 Å². The van der Waals surface area contributed by atoms with Crippen molar-refractivity contribution in [1.82, 2.24) is 0 Å². The van der Waals surface area contributed by atoms with Gasteiger partial charge in [0.25, 0.3) is 0 Å². The van der Waals surface area contributed by atoms with Crippen molar-refractivity contribution in [3.8, 4) is 0 Å².